The Labute approximate surface area is 107 Å². The number of nitrogens with zero attached hydrogens (tertiary/aromatic N) is 2. The summed E-state index contributed by atoms with van der Waals surface area (Å²) < 4.78 is 6.07. The molecule has 0 fully saturated rings. The molecule has 0 aliphatic carbocycles. The zero-order chi connectivity index (χ0) is 12.1. The van der Waals surface area contributed by atoms with E-state index in [1.165, 1.54) is 17.6 Å². The third-order valence-corrected chi connectivity index (χ3v) is 3.06. The number of oxime groups is 1. The minimum absolute atomic E-state index is 0.421. The average molecular weight is 269 g/mol. The monoisotopic (exact) mass is 268 g/mol. The highest BCUT2D eigenvalue weighted by Crippen LogP contribution is 2.20. The molecule has 88 valence electrons. The van der Waals surface area contributed by atoms with Gasteiger partial charge in [-0.2, -0.15) is 0 Å². The lowest BCUT2D eigenvalue weighted by molar-refractivity contribution is 0.309. The second kappa shape index (κ2) is 5.65. The number of hydrogen-bond donors (Lipinski definition) is 1. The number of thiazole rings is 1. The third-order valence-electron chi connectivity index (χ3n) is 1.97. The Morgan fingerprint density at radius 1 is 1.53 bits per heavy atom. The Morgan fingerprint density at radius 3 is 3.12 bits per heavy atom. The van der Waals surface area contributed by atoms with Gasteiger partial charge in [0, 0.05) is 6.20 Å². The molecule has 0 aliphatic rings. The van der Waals surface area contributed by atoms with E-state index in [0.717, 1.165) is 10.4 Å². The summed E-state index contributed by atoms with van der Waals surface area (Å²) in [6, 6.07) is 7.25. The molecule has 0 saturated heterocycles. The molecule has 0 amide bonds. The van der Waals surface area contributed by atoms with Crippen molar-refractivity contribution in [2.24, 2.45) is 5.16 Å². The van der Waals surface area contributed by atoms with Crippen LogP contribution in [-0.4, -0.2) is 16.4 Å². The highest BCUT2D eigenvalue weighted by atomic mass is 35.5. The Kier molecular flexibility index (Phi) is 3.95. The zero-order valence-corrected chi connectivity index (χ0v) is 10.3. The van der Waals surface area contributed by atoms with Crippen LogP contribution in [0.3, 0.4) is 0 Å². The summed E-state index contributed by atoms with van der Waals surface area (Å²) in [6.07, 6.45) is 3.03. The van der Waals surface area contributed by atoms with Crippen molar-refractivity contribution in [3.63, 3.8) is 0 Å². The second-order valence-electron chi connectivity index (χ2n) is 3.19. The first kappa shape index (κ1) is 11.9. The standard InChI is InChI=1S/C11H9ClN2O2S/c12-11-13-6-10(17-11)7-16-9-3-1-2-8(4-9)5-14-15/h1-6,15H,7H2. The van der Waals surface area contributed by atoms with Gasteiger partial charge in [0.25, 0.3) is 0 Å². The normalized spacial score (nSPS) is 10.9. The van der Waals surface area contributed by atoms with Crippen molar-refractivity contribution in [3.05, 3.63) is 45.4 Å². The molecule has 0 atom stereocenters. The first-order valence-electron chi connectivity index (χ1n) is 4.78. The van der Waals surface area contributed by atoms with Gasteiger partial charge in [-0.15, -0.1) is 11.3 Å². The van der Waals surface area contributed by atoms with Gasteiger partial charge >= 0.3 is 0 Å². The van der Waals surface area contributed by atoms with Gasteiger partial charge in [0.15, 0.2) is 4.47 Å². The van der Waals surface area contributed by atoms with E-state index in [-0.39, 0.29) is 0 Å². The van der Waals surface area contributed by atoms with Crippen molar-refractivity contribution in [1.82, 2.24) is 4.98 Å². The van der Waals surface area contributed by atoms with Crippen molar-refractivity contribution in [2.75, 3.05) is 0 Å². The van der Waals surface area contributed by atoms with Gasteiger partial charge in [-0.05, 0) is 17.7 Å². The fourth-order valence-corrected chi connectivity index (χ4v) is 2.15. The average Bonchev–Trinajstić information content (AvgIpc) is 2.74. The van der Waals surface area contributed by atoms with E-state index in [1.807, 2.05) is 18.2 Å². The molecular formula is C11H9ClN2O2S. The summed E-state index contributed by atoms with van der Waals surface area (Å²) in [4.78, 5) is 4.88. The molecule has 1 heterocycles. The van der Waals surface area contributed by atoms with Crippen LogP contribution in [0.5, 0.6) is 5.75 Å². The molecule has 2 aromatic rings. The van der Waals surface area contributed by atoms with E-state index < -0.39 is 0 Å². The Bertz CT molecular complexity index is 528. The Morgan fingerprint density at radius 2 is 2.41 bits per heavy atom. The molecule has 2 rings (SSSR count). The van der Waals surface area contributed by atoms with Crippen LogP contribution in [0.25, 0.3) is 0 Å². The molecule has 1 aromatic carbocycles. The van der Waals surface area contributed by atoms with Crippen LogP contribution in [0.2, 0.25) is 4.47 Å². The first-order chi connectivity index (χ1) is 8.28. The minimum atomic E-state index is 0.421. The third kappa shape index (κ3) is 3.44. The van der Waals surface area contributed by atoms with Crippen molar-refractivity contribution >= 4 is 29.2 Å². The maximum Gasteiger partial charge on any atom is 0.183 e. The summed E-state index contributed by atoms with van der Waals surface area (Å²) in [7, 11) is 0. The summed E-state index contributed by atoms with van der Waals surface area (Å²) in [5.41, 5.74) is 0.771. The van der Waals surface area contributed by atoms with Crippen molar-refractivity contribution < 1.29 is 9.94 Å². The lowest BCUT2D eigenvalue weighted by atomic mass is 10.2. The van der Waals surface area contributed by atoms with E-state index in [4.69, 9.17) is 21.5 Å². The molecule has 0 aliphatic heterocycles. The van der Waals surface area contributed by atoms with E-state index in [9.17, 15) is 0 Å². The molecule has 0 spiro atoms. The fourth-order valence-electron chi connectivity index (χ4n) is 1.26. The van der Waals surface area contributed by atoms with Crippen molar-refractivity contribution in [1.29, 1.82) is 0 Å². The highest BCUT2D eigenvalue weighted by molar-refractivity contribution is 7.15. The summed E-state index contributed by atoms with van der Waals surface area (Å²) in [5.74, 6) is 0.701. The van der Waals surface area contributed by atoms with Crippen LogP contribution in [0.15, 0.2) is 35.6 Å². The predicted octanol–water partition coefficient (Wildman–Crippen LogP) is 3.18. The summed E-state index contributed by atoms with van der Waals surface area (Å²) >= 11 is 7.10. The first-order valence-corrected chi connectivity index (χ1v) is 5.98. The van der Waals surface area contributed by atoms with Crippen LogP contribution in [0.4, 0.5) is 0 Å². The second-order valence-corrected chi connectivity index (χ2v) is 4.88. The van der Waals surface area contributed by atoms with Gasteiger partial charge < -0.3 is 9.94 Å². The van der Waals surface area contributed by atoms with E-state index >= 15 is 0 Å². The fraction of sp³-hybridized carbons (Fsp3) is 0.0909. The van der Waals surface area contributed by atoms with Crippen LogP contribution < -0.4 is 4.74 Å². The van der Waals surface area contributed by atoms with Gasteiger partial charge in [0.05, 0.1) is 11.1 Å². The van der Waals surface area contributed by atoms with Gasteiger partial charge in [-0.1, -0.05) is 28.9 Å². The molecule has 0 bridgehead atoms. The Balaban J connectivity index is 2.01. The number of halogens is 1. The number of benzene rings is 1. The molecule has 4 nitrogen and oxygen atoms in total. The van der Waals surface area contributed by atoms with Crippen LogP contribution in [0.1, 0.15) is 10.4 Å². The van der Waals surface area contributed by atoms with Gasteiger partial charge in [-0.3, -0.25) is 0 Å². The minimum Gasteiger partial charge on any atom is -0.488 e. The van der Waals surface area contributed by atoms with Gasteiger partial charge in [-0.25, -0.2) is 4.98 Å². The topological polar surface area (TPSA) is 54.7 Å². The van der Waals surface area contributed by atoms with Crippen LogP contribution in [0, 0.1) is 0 Å². The van der Waals surface area contributed by atoms with Crippen molar-refractivity contribution in [2.45, 2.75) is 6.61 Å². The SMILES string of the molecule is ON=Cc1cccc(OCc2cnc(Cl)s2)c1. The molecule has 17 heavy (non-hydrogen) atoms. The van der Waals surface area contributed by atoms with Gasteiger partial charge in [0.1, 0.15) is 12.4 Å². The quantitative estimate of drug-likeness (QED) is 0.526. The van der Waals surface area contributed by atoms with Gasteiger partial charge in [0.2, 0.25) is 0 Å². The number of aromatic nitrogens is 1. The van der Waals surface area contributed by atoms with E-state index in [0.29, 0.717) is 16.8 Å². The maximum absolute atomic E-state index is 8.43. The van der Waals surface area contributed by atoms with Crippen molar-refractivity contribution in [3.8, 4) is 5.75 Å². The molecule has 0 saturated carbocycles. The molecule has 6 heteroatoms. The van der Waals surface area contributed by atoms with Crippen LogP contribution in [-0.2, 0) is 6.61 Å². The number of rotatable bonds is 4. The lowest BCUT2D eigenvalue weighted by Gasteiger charge is -2.04. The predicted molar refractivity (Wildman–Crippen MR) is 67.3 cm³/mol. The summed E-state index contributed by atoms with van der Waals surface area (Å²) in [6.45, 7) is 0.421. The zero-order valence-electron chi connectivity index (χ0n) is 8.71. The number of hydrogen-bond acceptors (Lipinski definition) is 5. The Hall–Kier alpha value is -1.59. The van der Waals surface area contributed by atoms with Crippen LogP contribution >= 0.6 is 22.9 Å². The molecule has 0 unspecified atom stereocenters. The largest absolute Gasteiger partial charge is 0.488 e. The summed E-state index contributed by atoms with van der Waals surface area (Å²) in [5, 5.41) is 11.4. The lowest BCUT2D eigenvalue weighted by Crippen LogP contribution is -1.93. The molecule has 1 aromatic heterocycles. The molecule has 1 N–H and O–H groups in total. The highest BCUT2D eigenvalue weighted by Gasteiger charge is 2.01. The molecular weight excluding hydrogens is 260 g/mol. The molecule has 0 radical (unpaired) electrons. The van der Waals surface area contributed by atoms with E-state index in [1.54, 1.807) is 12.3 Å². The smallest absolute Gasteiger partial charge is 0.183 e. The maximum atomic E-state index is 8.43. The number of ether oxygens (including phenoxy) is 1. The van der Waals surface area contributed by atoms with E-state index in [2.05, 4.69) is 10.1 Å².